The number of benzene rings is 1. The van der Waals surface area contributed by atoms with Crippen LogP contribution in [0.5, 0.6) is 0 Å². The third-order valence-corrected chi connectivity index (χ3v) is 2.67. The second kappa shape index (κ2) is 4.51. The fourth-order valence-electron chi connectivity index (χ4n) is 1.55. The number of hydrogen-bond donors (Lipinski definition) is 1. The molecule has 0 unspecified atom stereocenters. The van der Waals surface area contributed by atoms with E-state index in [2.05, 4.69) is 4.99 Å². The summed E-state index contributed by atoms with van der Waals surface area (Å²) in [5, 5.41) is 9.42. The van der Waals surface area contributed by atoms with Crippen LogP contribution in [-0.2, 0) is 0 Å². The van der Waals surface area contributed by atoms with Gasteiger partial charge in [0.2, 0.25) is 0 Å². The Kier molecular flexibility index (Phi) is 3.08. The highest BCUT2D eigenvalue weighted by Crippen LogP contribution is 2.11. The summed E-state index contributed by atoms with van der Waals surface area (Å²) in [4.78, 5) is 6.22. The van der Waals surface area contributed by atoms with E-state index in [9.17, 15) is 0 Å². The summed E-state index contributed by atoms with van der Waals surface area (Å²) in [6.07, 6.45) is 0. The lowest BCUT2D eigenvalue weighted by atomic mass is 10.1. The molecule has 0 bridgehead atoms. The molecular weight excluding hydrogens is 208 g/mol. The van der Waals surface area contributed by atoms with Crippen LogP contribution in [0.25, 0.3) is 0 Å². The minimum atomic E-state index is 0.109. The predicted molar refractivity (Wildman–Crippen MR) is 64.2 cm³/mol. The Hall–Kier alpha value is -1.26. The quantitative estimate of drug-likeness (QED) is 0.774. The normalized spacial score (nSPS) is 15.7. The van der Waals surface area contributed by atoms with E-state index in [1.807, 2.05) is 35.2 Å². The van der Waals surface area contributed by atoms with Crippen molar-refractivity contribution in [2.45, 2.75) is 0 Å². The van der Waals surface area contributed by atoms with Gasteiger partial charge in [-0.3, -0.25) is 0 Å². The van der Waals surface area contributed by atoms with Gasteiger partial charge >= 0.3 is 0 Å². The molecule has 1 heterocycles. The first-order valence-electron chi connectivity index (χ1n) is 4.84. The van der Waals surface area contributed by atoms with Gasteiger partial charge in [-0.1, -0.05) is 30.3 Å². The van der Waals surface area contributed by atoms with Gasteiger partial charge in [-0.25, -0.2) is 4.99 Å². The smallest absolute Gasteiger partial charge is 0.196 e. The van der Waals surface area contributed by atoms with Crippen LogP contribution in [0.4, 0.5) is 0 Å². The van der Waals surface area contributed by atoms with Crippen LogP contribution < -0.4 is 0 Å². The van der Waals surface area contributed by atoms with Gasteiger partial charge in [-0.2, -0.15) is 0 Å². The monoisotopic (exact) mass is 220 g/mol. The number of aliphatic hydroxyl groups excluding tert-OH is 1. The van der Waals surface area contributed by atoms with Crippen molar-refractivity contribution < 1.29 is 5.11 Å². The molecule has 2 rings (SSSR count). The summed E-state index contributed by atoms with van der Waals surface area (Å²) in [5.74, 6) is 0. The lowest BCUT2D eigenvalue weighted by Crippen LogP contribution is -2.29. The van der Waals surface area contributed by atoms with Gasteiger partial charge in [0.1, 0.15) is 0 Å². The number of thiocarbonyl (C=S) groups is 1. The second-order valence-electron chi connectivity index (χ2n) is 3.35. The van der Waals surface area contributed by atoms with Crippen molar-refractivity contribution in [2.75, 3.05) is 19.7 Å². The fraction of sp³-hybridized carbons (Fsp3) is 0.273. The summed E-state index contributed by atoms with van der Waals surface area (Å²) in [6, 6.07) is 9.97. The Morgan fingerprint density at radius 2 is 2.07 bits per heavy atom. The standard InChI is InChI=1S/C11H12N2OS/c14-7-6-13-8-10(12-11(13)15)9-4-2-1-3-5-9/h1-5,14H,6-8H2. The van der Waals surface area contributed by atoms with E-state index in [0.29, 0.717) is 18.2 Å². The number of β-amino-alcohol motifs (C(OH)–C–C–N with tert-alkyl or cyclic N) is 1. The molecule has 0 amide bonds. The largest absolute Gasteiger partial charge is 0.395 e. The van der Waals surface area contributed by atoms with Crippen LogP contribution >= 0.6 is 12.2 Å². The second-order valence-corrected chi connectivity index (χ2v) is 3.72. The molecule has 1 aromatic rings. The summed E-state index contributed by atoms with van der Waals surface area (Å²) >= 11 is 5.11. The average molecular weight is 220 g/mol. The topological polar surface area (TPSA) is 35.8 Å². The first-order chi connectivity index (χ1) is 7.31. The van der Waals surface area contributed by atoms with Crippen LogP contribution in [0.1, 0.15) is 5.56 Å². The zero-order valence-corrected chi connectivity index (χ0v) is 9.07. The predicted octanol–water partition coefficient (Wildman–Crippen LogP) is 1.07. The Bertz CT molecular complexity index is 389. The molecule has 0 saturated carbocycles. The van der Waals surface area contributed by atoms with Crippen molar-refractivity contribution in [2.24, 2.45) is 4.99 Å². The number of aliphatic imine (C=N–C) groups is 1. The Morgan fingerprint density at radius 1 is 1.33 bits per heavy atom. The molecule has 0 atom stereocenters. The molecule has 0 radical (unpaired) electrons. The SMILES string of the molecule is OCCN1CC(c2ccccc2)=NC1=S. The fourth-order valence-corrected chi connectivity index (χ4v) is 1.82. The molecule has 0 fully saturated rings. The molecule has 78 valence electrons. The zero-order chi connectivity index (χ0) is 10.7. The van der Waals surface area contributed by atoms with Crippen molar-refractivity contribution >= 4 is 23.0 Å². The van der Waals surface area contributed by atoms with Gasteiger partial charge in [-0.05, 0) is 17.8 Å². The van der Waals surface area contributed by atoms with Crippen molar-refractivity contribution in [1.82, 2.24) is 4.90 Å². The third kappa shape index (κ3) is 2.22. The van der Waals surface area contributed by atoms with Crippen LogP contribution in [0.15, 0.2) is 35.3 Å². The molecule has 1 N–H and O–H groups in total. The number of aliphatic hydroxyl groups is 1. The van der Waals surface area contributed by atoms with E-state index in [1.165, 1.54) is 0 Å². The molecule has 0 aliphatic carbocycles. The lowest BCUT2D eigenvalue weighted by Gasteiger charge is -2.14. The van der Waals surface area contributed by atoms with Crippen molar-refractivity contribution in [3.63, 3.8) is 0 Å². The summed E-state index contributed by atoms with van der Waals surface area (Å²) in [7, 11) is 0. The van der Waals surface area contributed by atoms with Gasteiger partial charge < -0.3 is 10.0 Å². The van der Waals surface area contributed by atoms with E-state index in [4.69, 9.17) is 17.3 Å². The maximum Gasteiger partial charge on any atom is 0.196 e. The van der Waals surface area contributed by atoms with Gasteiger partial charge in [0.05, 0.1) is 18.9 Å². The van der Waals surface area contributed by atoms with Crippen molar-refractivity contribution in [1.29, 1.82) is 0 Å². The molecular formula is C11H12N2OS. The molecule has 1 aromatic carbocycles. The van der Waals surface area contributed by atoms with Crippen molar-refractivity contribution in [3.05, 3.63) is 35.9 Å². The molecule has 4 heteroatoms. The number of rotatable bonds is 3. The van der Waals surface area contributed by atoms with E-state index in [1.54, 1.807) is 0 Å². The van der Waals surface area contributed by atoms with E-state index < -0.39 is 0 Å². The van der Waals surface area contributed by atoms with E-state index in [0.717, 1.165) is 11.3 Å². The van der Waals surface area contributed by atoms with Crippen LogP contribution in [0, 0.1) is 0 Å². The van der Waals surface area contributed by atoms with Crippen molar-refractivity contribution in [3.8, 4) is 0 Å². The van der Waals surface area contributed by atoms with E-state index >= 15 is 0 Å². The van der Waals surface area contributed by atoms with Crippen LogP contribution in [0.3, 0.4) is 0 Å². The van der Waals surface area contributed by atoms with Gasteiger partial charge in [0.15, 0.2) is 5.11 Å². The summed E-state index contributed by atoms with van der Waals surface area (Å²) < 4.78 is 0. The van der Waals surface area contributed by atoms with Gasteiger partial charge in [0.25, 0.3) is 0 Å². The highest BCUT2D eigenvalue weighted by atomic mass is 32.1. The molecule has 0 spiro atoms. The Balaban J connectivity index is 2.14. The average Bonchev–Trinajstić information content (AvgIpc) is 2.63. The minimum absolute atomic E-state index is 0.109. The van der Waals surface area contributed by atoms with Crippen LogP contribution in [-0.4, -0.2) is 40.5 Å². The highest BCUT2D eigenvalue weighted by molar-refractivity contribution is 7.80. The molecule has 3 nitrogen and oxygen atoms in total. The van der Waals surface area contributed by atoms with E-state index in [-0.39, 0.29) is 6.61 Å². The molecule has 1 aliphatic rings. The maximum atomic E-state index is 8.85. The van der Waals surface area contributed by atoms with Gasteiger partial charge in [-0.15, -0.1) is 0 Å². The summed E-state index contributed by atoms with van der Waals surface area (Å²) in [5.41, 5.74) is 2.08. The third-order valence-electron chi connectivity index (χ3n) is 2.32. The van der Waals surface area contributed by atoms with Crippen LogP contribution in [0.2, 0.25) is 0 Å². The number of nitrogens with zero attached hydrogens (tertiary/aromatic N) is 2. The zero-order valence-electron chi connectivity index (χ0n) is 8.26. The molecule has 0 saturated heterocycles. The number of hydrogen-bond acceptors (Lipinski definition) is 2. The molecule has 0 aromatic heterocycles. The molecule has 1 aliphatic heterocycles. The Morgan fingerprint density at radius 3 is 2.73 bits per heavy atom. The minimum Gasteiger partial charge on any atom is -0.395 e. The first kappa shape index (κ1) is 10.3. The highest BCUT2D eigenvalue weighted by Gasteiger charge is 2.20. The Labute approximate surface area is 94.1 Å². The molecule has 15 heavy (non-hydrogen) atoms. The summed E-state index contributed by atoms with van der Waals surface area (Å²) in [6.45, 7) is 1.36. The lowest BCUT2D eigenvalue weighted by molar-refractivity contribution is 0.261. The maximum absolute atomic E-state index is 8.85. The van der Waals surface area contributed by atoms with Gasteiger partial charge in [0, 0.05) is 6.54 Å². The first-order valence-corrected chi connectivity index (χ1v) is 5.25.